The van der Waals surface area contributed by atoms with Gasteiger partial charge in [0, 0.05) is 21.6 Å². The Hall–Kier alpha value is -3.19. The normalized spacial score (nSPS) is 14.4. The molecule has 0 N–H and O–H groups in total. The van der Waals surface area contributed by atoms with Crippen LogP contribution >= 0.6 is 11.3 Å². The molecule has 3 heterocycles. The predicted molar refractivity (Wildman–Crippen MR) is 109 cm³/mol. The molecule has 0 radical (unpaired) electrons. The lowest BCUT2D eigenvalue weighted by molar-refractivity contribution is -0.146. The van der Waals surface area contributed by atoms with Gasteiger partial charge in [-0.2, -0.15) is 0 Å². The summed E-state index contributed by atoms with van der Waals surface area (Å²) in [6.45, 7) is 4.00. The van der Waals surface area contributed by atoms with Gasteiger partial charge in [-0.3, -0.25) is 4.79 Å². The van der Waals surface area contributed by atoms with Crippen LogP contribution in [0.3, 0.4) is 0 Å². The monoisotopic (exact) mass is 409 g/mol. The first kappa shape index (κ1) is 19.1. The number of carbonyl (C=O) groups excluding carboxylic acids is 3. The van der Waals surface area contributed by atoms with Gasteiger partial charge in [-0.25, -0.2) is 9.59 Å². The molecule has 1 aromatic carbocycles. The largest absolute Gasteiger partial charge is 0.462 e. The molecule has 4 rings (SSSR count). The van der Waals surface area contributed by atoms with Crippen molar-refractivity contribution in [2.75, 3.05) is 13.2 Å². The molecule has 0 aliphatic carbocycles. The van der Waals surface area contributed by atoms with Crippen molar-refractivity contribution in [3.63, 3.8) is 0 Å². The SMILES string of the molecule is CCOC(=O)C(C(=O)OCC)=C1C=C2c3ccccc3C(=O)N2Cc2ccsc21. The summed E-state index contributed by atoms with van der Waals surface area (Å²) in [4.78, 5) is 40.8. The lowest BCUT2D eigenvalue weighted by Gasteiger charge is -2.16. The Bertz CT molecular complexity index is 1060. The maximum absolute atomic E-state index is 13.0. The number of thiophene rings is 1. The van der Waals surface area contributed by atoms with E-state index < -0.39 is 11.9 Å². The van der Waals surface area contributed by atoms with E-state index in [1.165, 1.54) is 11.3 Å². The molecule has 1 amide bonds. The number of amides is 1. The van der Waals surface area contributed by atoms with Gasteiger partial charge in [-0.15, -0.1) is 11.3 Å². The highest BCUT2D eigenvalue weighted by Crippen LogP contribution is 2.42. The fraction of sp³-hybridized carbons (Fsp3) is 0.227. The number of carbonyl (C=O) groups is 3. The van der Waals surface area contributed by atoms with E-state index in [0.717, 1.165) is 16.0 Å². The Morgan fingerprint density at radius 3 is 2.34 bits per heavy atom. The number of hydrogen-bond donors (Lipinski definition) is 0. The highest BCUT2D eigenvalue weighted by Gasteiger charge is 2.37. The third-order valence-electron chi connectivity index (χ3n) is 4.80. The van der Waals surface area contributed by atoms with Crippen LogP contribution in [0.2, 0.25) is 0 Å². The Balaban J connectivity index is 1.99. The molecule has 2 aliphatic heterocycles. The number of ether oxygens (including phenoxy) is 2. The first-order valence-electron chi connectivity index (χ1n) is 9.35. The molecule has 148 valence electrons. The summed E-state index contributed by atoms with van der Waals surface area (Å²) in [5.41, 5.74) is 3.18. The summed E-state index contributed by atoms with van der Waals surface area (Å²) in [6, 6.07) is 9.23. The van der Waals surface area contributed by atoms with Gasteiger partial charge >= 0.3 is 11.9 Å². The van der Waals surface area contributed by atoms with Crippen molar-refractivity contribution in [2.24, 2.45) is 0 Å². The highest BCUT2D eigenvalue weighted by atomic mass is 32.1. The standard InChI is InChI=1S/C22H19NO5S/c1-3-27-21(25)18(22(26)28-4-2)16-11-17-14-7-5-6-8-15(14)20(24)23(17)12-13-9-10-29-19(13)16/h5-11H,3-4,12H2,1-2H3. The van der Waals surface area contributed by atoms with Gasteiger partial charge in [0.1, 0.15) is 0 Å². The van der Waals surface area contributed by atoms with E-state index in [1.54, 1.807) is 30.9 Å². The molecule has 0 saturated carbocycles. The van der Waals surface area contributed by atoms with Crippen LogP contribution in [0.1, 0.15) is 40.2 Å². The van der Waals surface area contributed by atoms with Crippen molar-refractivity contribution in [3.05, 3.63) is 68.9 Å². The van der Waals surface area contributed by atoms with Crippen LogP contribution in [0.4, 0.5) is 0 Å². The number of hydrogen-bond acceptors (Lipinski definition) is 6. The Morgan fingerprint density at radius 2 is 1.69 bits per heavy atom. The minimum atomic E-state index is -0.733. The van der Waals surface area contributed by atoms with Crippen LogP contribution in [0, 0.1) is 0 Å². The first-order chi connectivity index (χ1) is 14.1. The quantitative estimate of drug-likeness (QED) is 0.334. The van der Waals surface area contributed by atoms with Gasteiger partial charge in [0.05, 0.1) is 25.5 Å². The van der Waals surface area contributed by atoms with Crippen LogP contribution in [-0.4, -0.2) is 36.0 Å². The van der Waals surface area contributed by atoms with Crippen LogP contribution in [0.25, 0.3) is 11.3 Å². The molecule has 0 saturated heterocycles. The zero-order valence-corrected chi connectivity index (χ0v) is 16.9. The van der Waals surface area contributed by atoms with Crippen LogP contribution in [0.15, 0.2) is 47.4 Å². The maximum Gasteiger partial charge on any atom is 0.346 e. The Morgan fingerprint density at radius 1 is 1.03 bits per heavy atom. The summed E-state index contributed by atoms with van der Waals surface area (Å²) in [7, 11) is 0. The predicted octanol–water partition coefficient (Wildman–Crippen LogP) is 3.64. The van der Waals surface area contributed by atoms with E-state index in [-0.39, 0.29) is 24.7 Å². The Labute approximate surface area is 172 Å². The second-order valence-electron chi connectivity index (χ2n) is 6.47. The molecule has 7 heteroatoms. The summed E-state index contributed by atoms with van der Waals surface area (Å²) in [5, 5.41) is 1.88. The molecule has 2 aromatic rings. The second kappa shape index (κ2) is 7.67. The lowest BCUT2D eigenvalue weighted by atomic mass is 10.0. The van der Waals surface area contributed by atoms with Crippen molar-refractivity contribution < 1.29 is 23.9 Å². The van der Waals surface area contributed by atoms with Gasteiger partial charge in [0.2, 0.25) is 0 Å². The van der Waals surface area contributed by atoms with Crippen LogP contribution in [-0.2, 0) is 25.6 Å². The number of rotatable bonds is 4. The molecule has 0 spiro atoms. The highest BCUT2D eigenvalue weighted by molar-refractivity contribution is 7.11. The number of allylic oxidation sites excluding steroid dienone is 2. The molecule has 0 fully saturated rings. The number of nitrogens with zero attached hydrogens (tertiary/aromatic N) is 1. The smallest absolute Gasteiger partial charge is 0.346 e. The fourth-order valence-corrected chi connectivity index (χ4v) is 4.51. The zero-order valence-electron chi connectivity index (χ0n) is 16.1. The first-order valence-corrected chi connectivity index (χ1v) is 10.2. The summed E-state index contributed by atoms with van der Waals surface area (Å²) in [5.74, 6) is -1.56. The van der Waals surface area contributed by atoms with E-state index in [0.29, 0.717) is 23.4 Å². The van der Waals surface area contributed by atoms with Gasteiger partial charge in [0.25, 0.3) is 5.91 Å². The molecule has 29 heavy (non-hydrogen) atoms. The van der Waals surface area contributed by atoms with E-state index in [9.17, 15) is 14.4 Å². The molecule has 0 bridgehead atoms. The second-order valence-corrected chi connectivity index (χ2v) is 7.39. The van der Waals surface area contributed by atoms with Gasteiger partial charge < -0.3 is 14.4 Å². The summed E-state index contributed by atoms with van der Waals surface area (Å²) < 4.78 is 10.3. The minimum absolute atomic E-state index is 0.0981. The van der Waals surface area contributed by atoms with Crippen molar-refractivity contribution >= 4 is 40.5 Å². The molecule has 0 atom stereocenters. The fourth-order valence-electron chi connectivity index (χ4n) is 3.57. The zero-order chi connectivity index (χ0) is 20.5. The van der Waals surface area contributed by atoms with Crippen LogP contribution in [0.5, 0.6) is 0 Å². The minimum Gasteiger partial charge on any atom is -0.462 e. The lowest BCUT2D eigenvalue weighted by Crippen LogP contribution is -2.21. The molecular formula is C22H19NO5S. The summed E-state index contributed by atoms with van der Waals surface area (Å²) in [6.07, 6.45) is 1.73. The van der Waals surface area contributed by atoms with Crippen molar-refractivity contribution in [1.82, 2.24) is 4.90 Å². The molecule has 1 aromatic heterocycles. The average Bonchev–Trinajstić information content (AvgIpc) is 3.22. The van der Waals surface area contributed by atoms with Crippen molar-refractivity contribution in [2.45, 2.75) is 20.4 Å². The van der Waals surface area contributed by atoms with Crippen molar-refractivity contribution in [3.8, 4) is 0 Å². The third kappa shape index (κ3) is 3.17. The maximum atomic E-state index is 13.0. The molecule has 6 nitrogen and oxygen atoms in total. The number of esters is 2. The summed E-state index contributed by atoms with van der Waals surface area (Å²) >= 11 is 1.41. The molecular weight excluding hydrogens is 390 g/mol. The van der Waals surface area contributed by atoms with E-state index >= 15 is 0 Å². The van der Waals surface area contributed by atoms with E-state index in [4.69, 9.17) is 9.47 Å². The topological polar surface area (TPSA) is 72.9 Å². The van der Waals surface area contributed by atoms with Gasteiger partial charge in [-0.1, -0.05) is 18.2 Å². The van der Waals surface area contributed by atoms with E-state index in [2.05, 4.69) is 0 Å². The number of benzene rings is 1. The van der Waals surface area contributed by atoms with E-state index in [1.807, 2.05) is 29.6 Å². The van der Waals surface area contributed by atoms with Gasteiger partial charge in [0.15, 0.2) is 5.57 Å². The average molecular weight is 409 g/mol. The third-order valence-corrected chi connectivity index (χ3v) is 5.79. The molecule has 0 unspecified atom stereocenters. The number of fused-ring (bicyclic) bond motifs is 4. The van der Waals surface area contributed by atoms with Crippen molar-refractivity contribution in [1.29, 1.82) is 0 Å². The van der Waals surface area contributed by atoms with Gasteiger partial charge in [-0.05, 0) is 43.0 Å². The molecule has 2 aliphatic rings. The van der Waals surface area contributed by atoms with Crippen LogP contribution < -0.4 is 0 Å². The Kier molecular flexibility index (Phi) is 5.07.